The Balaban J connectivity index is 1.92. The molecule has 1 aliphatic rings. The van der Waals surface area contributed by atoms with Crippen molar-refractivity contribution in [1.82, 2.24) is 20.2 Å². The van der Waals surface area contributed by atoms with Crippen LogP contribution in [0.5, 0.6) is 0 Å². The number of nitrogens with zero attached hydrogens (tertiary/aromatic N) is 3. The maximum Gasteiger partial charge on any atom is 0.226 e. The molecule has 3 rings (SSSR count). The van der Waals surface area contributed by atoms with Crippen molar-refractivity contribution in [1.29, 1.82) is 0 Å². The van der Waals surface area contributed by atoms with Crippen LogP contribution in [-0.4, -0.2) is 44.5 Å². The highest BCUT2D eigenvalue weighted by Gasteiger charge is 2.24. The number of aromatic amines is 1. The zero-order valence-electron chi connectivity index (χ0n) is 10.8. The van der Waals surface area contributed by atoms with Crippen LogP contribution in [0.25, 0.3) is 11.0 Å². The fourth-order valence-corrected chi connectivity index (χ4v) is 2.51. The molecule has 0 saturated heterocycles. The number of nitrogens with one attached hydrogen (secondary N) is 3. The second-order valence-electron chi connectivity index (χ2n) is 4.88. The minimum absolute atomic E-state index is 0.0476. The van der Waals surface area contributed by atoms with E-state index in [1.54, 1.807) is 13.2 Å². The van der Waals surface area contributed by atoms with Gasteiger partial charge < -0.3 is 15.7 Å². The molecule has 7 nitrogen and oxygen atoms in total. The maximum absolute atomic E-state index is 10.0. The van der Waals surface area contributed by atoms with Crippen molar-refractivity contribution < 1.29 is 5.11 Å². The van der Waals surface area contributed by atoms with E-state index in [2.05, 4.69) is 30.8 Å². The molecule has 2 heterocycles. The minimum atomic E-state index is -0.316. The van der Waals surface area contributed by atoms with E-state index in [1.165, 1.54) is 0 Å². The molecule has 0 radical (unpaired) electrons. The molecule has 102 valence electrons. The minimum Gasteiger partial charge on any atom is -0.391 e. The summed E-state index contributed by atoms with van der Waals surface area (Å²) < 4.78 is 0. The summed E-state index contributed by atoms with van der Waals surface area (Å²) in [6.45, 7) is 0. The highest BCUT2D eigenvalue weighted by atomic mass is 16.3. The molecule has 1 fully saturated rings. The Morgan fingerprint density at radius 1 is 1.32 bits per heavy atom. The number of fused-ring (bicyclic) bond motifs is 1. The van der Waals surface area contributed by atoms with Gasteiger partial charge in [0, 0.05) is 7.05 Å². The Kier molecular flexibility index (Phi) is 3.20. The molecule has 0 spiro atoms. The third-order valence-electron chi connectivity index (χ3n) is 3.58. The van der Waals surface area contributed by atoms with Crippen LogP contribution in [-0.2, 0) is 0 Å². The van der Waals surface area contributed by atoms with Gasteiger partial charge in [-0.25, -0.2) is 0 Å². The Morgan fingerprint density at radius 3 is 2.95 bits per heavy atom. The van der Waals surface area contributed by atoms with Crippen molar-refractivity contribution in [2.24, 2.45) is 0 Å². The Bertz CT molecular complexity index is 568. The van der Waals surface area contributed by atoms with E-state index < -0.39 is 0 Å². The van der Waals surface area contributed by atoms with Crippen LogP contribution in [0.1, 0.15) is 25.7 Å². The lowest BCUT2D eigenvalue weighted by Gasteiger charge is -2.28. The van der Waals surface area contributed by atoms with E-state index in [-0.39, 0.29) is 12.1 Å². The number of aliphatic hydroxyl groups is 1. The summed E-state index contributed by atoms with van der Waals surface area (Å²) in [5.74, 6) is 1.25. The molecule has 2 aromatic rings. The van der Waals surface area contributed by atoms with E-state index in [0.29, 0.717) is 17.4 Å². The van der Waals surface area contributed by atoms with Crippen LogP contribution in [0.2, 0.25) is 0 Å². The summed E-state index contributed by atoms with van der Waals surface area (Å²) in [5, 5.41) is 24.0. The van der Waals surface area contributed by atoms with Crippen molar-refractivity contribution in [2.45, 2.75) is 37.8 Å². The fraction of sp³-hybridized carbons (Fsp3) is 0.583. The van der Waals surface area contributed by atoms with Gasteiger partial charge in [-0.05, 0) is 12.8 Å². The molecule has 1 saturated carbocycles. The molecule has 2 aromatic heterocycles. The molecular weight excluding hydrogens is 244 g/mol. The molecule has 0 aromatic carbocycles. The second-order valence-corrected chi connectivity index (χ2v) is 4.88. The first-order chi connectivity index (χ1) is 9.28. The van der Waals surface area contributed by atoms with Gasteiger partial charge in [-0.2, -0.15) is 15.1 Å². The van der Waals surface area contributed by atoms with Gasteiger partial charge in [0.25, 0.3) is 0 Å². The lowest BCUT2D eigenvalue weighted by Crippen LogP contribution is -2.36. The largest absolute Gasteiger partial charge is 0.391 e. The van der Waals surface area contributed by atoms with E-state index in [9.17, 15) is 5.11 Å². The molecule has 0 aliphatic heterocycles. The van der Waals surface area contributed by atoms with E-state index in [4.69, 9.17) is 0 Å². The lowest BCUT2D eigenvalue weighted by atomic mass is 9.92. The van der Waals surface area contributed by atoms with Gasteiger partial charge in [-0.3, -0.25) is 5.10 Å². The van der Waals surface area contributed by atoms with Gasteiger partial charge in [0.2, 0.25) is 5.95 Å². The number of hydrogen-bond acceptors (Lipinski definition) is 6. The van der Waals surface area contributed by atoms with Crippen molar-refractivity contribution in [3.05, 3.63) is 6.20 Å². The predicted molar refractivity (Wildman–Crippen MR) is 73.1 cm³/mol. The fourth-order valence-electron chi connectivity index (χ4n) is 2.51. The number of H-pyrrole nitrogens is 1. The van der Waals surface area contributed by atoms with E-state index in [1.807, 2.05) is 0 Å². The quantitative estimate of drug-likeness (QED) is 0.661. The van der Waals surface area contributed by atoms with Crippen LogP contribution in [0.15, 0.2) is 6.20 Å². The van der Waals surface area contributed by atoms with Gasteiger partial charge in [0.15, 0.2) is 5.65 Å². The summed E-state index contributed by atoms with van der Waals surface area (Å²) in [5.41, 5.74) is 0.687. The Hall–Kier alpha value is -1.89. The molecule has 0 bridgehead atoms. The van der Waals surface area contributed by atoms with Gasteiger partial charge in [-0.15, -0.1) is 0 Å². The molecule has 2 atom stereocenters. The van der Waals surface area contributed by atoms with Gasteiger partial charge in [-0.1, -0.05) is 12.8 Å². The first kappa shape index (κ1) is 12.2. The lowest BCUT2D eigenvalue weighted by molar-refractivity contribution is 0.116. The average molecular weight is 262 g/mol. The van der Waals surface area contributed by atoms with Gasteiger partial charge in [0.1, 0.15) is 5.82 Å². The highest BCUT2D eigenvalue weighted by molar-refractivity contribution is 5.87. The molecule has 19 heavy (non-hydrogen) atoms. The van der Waals surface area contributed by atoms with E-state index in [0.717, 1.165) is 31.1 Å². The normalized spacial score (nSPS) is 23.5. The third kappa shape index (κ3) is 2.33. The van der Waals surface area contributed by atoms with E-state index >= 15 is 0 Å². The van der Waals surface area contributed by atoms with Crippen molar-refractivity contribution in [3.63, 3.8) is 0 Å². The topological polar surface area (TPSA) is 98.8 Å². The second kappa shape index (κ2) is 5.00. The van der Waals surface area contributed by atoms with Crippen molar-refractivity contribution in [3.8, 4) is 0 Å². The van der Waals surface area contributed by atoms with Crippen LogP contribution in [0, 0.1) is 0 Å². The summed E-state index contributed by atoms with van der Waals surface area (Å²) in [4.78, 5) is 8.70. The average Bonchev–Trinajstić information content (AvgIpc) is 2.89. The van der Waals surface area contributed by atoms with Crippen LogP contribution < -0.4 is 10.6 Å². The summed E-state index contributed by atoms with van der Waals surface area (Å²) in [7, 11) is 1.77. The van der Waals surface area contributed by atoms with Crippen molar-refractivity contribution >= 4 is 22.8 Å². The number of anilines is 2. The molecular formula is C12H18N6O. The third-order valence-corrected chi connectivity index (χ3v) is 3.58. The van der Waals surface area contributed by atoms with Crippen LogP contribution in [0.3, 0.4) is 0 Å². The summed E-state index contributed by atoms with van der Waals surface area (Å²) >= 11 is 0. The zero-order valence-corrected chi connectivity index (χ0v) is 10.8. The Morgan fingerprint density at radius 2 is 2.16 bits per heavy atom. The summed E-state index contributed by atoms with van der Waals surface area (Å²) in [6.07, 6.45) is 5.41. The van der Waals surface area contributed by atoms with Crippen LogP contribution in [0.4, 0.5) is 11.8 Å². The summed E-state index contributed by atoms with van der Waals surface area (Å²) in [6, 6.07) is 0.0476. The molecule has 1 aliphatic carbocycles. The number of aliphatic hydroxyl groups excluding tert-OH is 1. The SMILES string of the molecule is CNc1nc(NC2CCCCC2O)c2cn[nH]c2n1. The molecule has 4 N–H and O–H groups in total. The maximum atomic E-state index is 10.0. The molecule has 2 unspecified atom stereocenters. The monoisotopic (exact) mass is 262 g/mol. The number of hydrogen-bond donors (Lipinski definition) is 4. The first-order valence-corrected chi connectivity index (χ1v) is 6.61. The Labute approximate surface area is 110 Å². The number of rotatable bonds is 3. The molecule has 7 heteroatoms. The van der Waals surface area contributed by atoms with Crippen molar-refractivity contribution in [2.75, 3.05) is 17.7 Å². The molecule has 0 amide bonds. The van der Waals surface area contributed by atoms with Gasteiger partial charge in [0.05, 0.1) is 23.7 Å². The van der Waals surface area contributed by atoms with Gasteiger partial charge >= 0.3 is 0 Å². The standard InChI is InChI=1S/C12H18N6O/c1-13-12-16-10(7-6-14-18-11(7)17-12)15-8-4-2-3-5-9(8)19/h6,8-9,19H,2-5H2,1H3,(H3,13,14,15,16,17,18). The number of aromatic nitrogens is 4. The predicted octanol–water partition coefficient (Wildman–Crippen LogP) is 1.11. The smallest absolute Gasteiger partial charge is 0.226 e. The first-order valence-electron chi connectivity index (χ1n) is 6.61. The zero-order chi connectivity index (χ0) is 13.2. The highest BCUT2D eigenvalue weighted by Crippen LogP contribution is 2.25. The van der Waals surface area contributed by atoms with Crippen LogP contribution >= 0.6 is 0 Å².